The summed E-state index contributed by atoms with van der Waals surface area (Å²) >= 11 is 3.20. The maximum absolute atomic E-state index is 13.0. The van der Waals surface area contributed by atoms with Gasteiger partial charge in [-0.25, -0.2) is 8.78 Å². The van der Waals surface area contributed by atoms with Crippen LogP contribution in [-0.4, -0.2) is 5.11 Å². The Hall–Kier alpha value is -1.42. The first kappa shape index (κ1) is 11.1. The Morgan fingerprint density at radius 2 is 1.38 bits per heavy atom. The Labute approximate surface area is 99.5 Å². The van der Waals surface area contributed by atoms with Gasteiger partial charge in [-0.1, -0.05) is 15.9 Å². The van der Waals surface area contributed by atoms with Crippen molar-refractivity contribution in [2.45, 2.75) is 0 Å². The third-order valence-electron chi connectivity index (χ3n) is 2.08. The Morgan fingerprint density at radius 1 is 0.812 bits per heavy atom. The fraction of sp³-hybridized carbons (Fsp3) is 0. The van der Waals surface area contributed by atoms with Gasteiger partial charge in [-0.3, -0.25) is 0 Å². The minimum absolute atomic E-state index is 0.0362. The average molecular weight is 285 g/mol. The molecule has 1 nitrogen and oxygen atoms in total. The first-order valence-electron chi connectivity index (χ1n) is 4.50. The zero-order chi connectivity index (χ0) is 11.7. The van der Waals surface area contributed by atoms with E-state index in [9.17, 15) is 13.9 Å². The van der Waals surface area contributed by atoms with Gasteiger partial charge in [0.25, 0.3) is 0 Å². The van der Waals surface area contributed by atoms with Crippen LogP contribution in [0.4, 0.5) is 8.78 Å². The number of phenols is 1. The van der Waals surface area contributed by atoms with E-state index in [1.54, 1.807) is 6.07 Å². The molecule has 0 radical (unpaired) electrons. The van der Waals surface area contributed by atoms with Crippen LogP contribution in [0.1, 0.15) is 0 Å². The van der Waals surface area contributed by atoms with Crippen LogP contribution in [0.2, 0.25) is 0 Å². The summed E-state index contributed by atoms with van der Waals surface area (Å²) < 4.78 is 26.6. The number of benzene rings is 2. The molecule has 16 heavy (non-hydrogen) atoms. The van der Waals surface area contributed by atoms with E-state index in [-0.39, 0.29) is 5.75 Å². The smallest absolute Gasteiger partial charge is 0.126 e. The number of hydrogen-bond donors (Lipinski definition) is 1. The highest BCUT2D eigenvalue weighted by atomic mass is 79.9. The molecule has 0 bridgehead atoms. The number of rotatable bonds is 1. The van der Waals surface area contributed by atoms with E-state index in [0.29, 0.717) is 15.6 Å². The third kappa shape index (κ3) is 2.39. The number of halogens is 3. The lowest BCUT2D eigenvalue weighted by atomic mass is 10.1. The molecular formula is C12H7BrF2O. The molecule has 2 aromatic rings. The van der Waals surface area contributed by atoms with Gasteiger partial charge in [-0.2, -0.15) is 0 Å². The number of aromatic hydroxyl groups is 1. The van der Waals surface area contributed by atoms with Crippen LogP contribution in [-0.2, 0) is 0 Å². The molecule has 0 saturated carbocycles. The molecule has 2 rings (SSSR count). The normalized spacial score (nSPS) is 10.4. The number of hydrogen-bond acceptors (Lipinski definition) is 1. The molecule has 0 aliphatic rings. The van der Waals surface area contributed by atoms with Gasteiger partial charge in [0.1, 0.15) is 17.4 Å². The van der Waals surface area contributed by atoms with E-state index in [1.165, 1.54) is 24.3 Å². The van der Waals surface area contributed by atoms with E-state index in [1.807, 2.05) is 0 Å². The molecule has 0 unspecified atom stereocenters. The predicted octanol–water partition coefficient (Wildman–Crippen LogP) is 4.10. The minimum Gasteiger partial charge on any atom is -0.508 e. The summed E-state index contributed by atoms with van der Waals surface area (Å²) in [4.78, 5) is 0. The van der Waals surface area contributed by atoms with Crippen molar-refractivity contribution < 1.29 is 13.9 Å². The van der Waals surface area contributed by atoms with Crippen molar-refractivity contribution >= 4 is 15.9 Å². The summed E-state index contributed by atoms with van der Waals surface area (Å²) in [5, 5.41) is 9.38. The lowest BCUT2D eigenvalue weighted by molar-refractivity contribution is 0.475. The quantitative estimate of drug-likeness (QED) is 0.836. The lowest BCUT2D eigenvalue weighted by Crippen LogP contribution is -1.84. The molecule has 1 N–H and O–H groups in total. The van der Waals surface area contributed by atoms with Crippen LogP contribution in [0.3, 0.4) is 0 Å². The fourth-order valence-corrected chi connectivity index (χ4v) is 1.94. The summed E-state index contributed by atoms with van der Waals surface area (Å²) in [6.45, 7) is 0. The Kier molecular flexibility index (Phi) is 2.92. The van der Waals surface area contributed by atoms with E-state index in [2.05, 4.69) is 15.9 Å². The second kappa shape index (κ2) is 4.22. The third-order valence-corrected chi connectivity index (χ3v) is 2.54. The first-order valence-corrected chi connectivity index (χ1v) is 5.30. The van der Waals surface area contributed by atoms with E-state index in [4.69, 9.17) is 0 Å². The summed E-state index contributed by atoms with van der Waals surface area (Å²) in [5.74, 6) is -1.25. The van der Waals surface area contributed by atoms with Crippen molar-refractivity contribution in [3.05, 3.63) is 52.5 Å². The van der Waals surface area contributed by atoms with Crippen LogP contribution in [0.5, 0.6) is 5.75 Å². The van der Waals surface area contributed by atoms with Crippen molar-refractivity contribution in [1.29, 1.82) is 0 Å². The highest BCUT2D eigenvalue weighted by Crippen LogP contribution is 2.28. The molecule has 0 saturated heterocycles. The fourth-order valence-electron chi connectivity index (χ4n) is 1.46. The molecule has 0 aliphatic carbocycles. The Balaban J connectivity index is 2.57. The second-order valence-corrected chi connectivity index (χ2v) is 4.27. The van der Waals surface area contributed by atoms with Gasteiger partial charge < -0.3 is 5.11 Å². The summed E-state index contributed by atoms with van der Waals surface area (Å²) in [6.07, 6.45) is 0. The molecule has 0 fully saturated rings. The van der Waals surface area contributed by atoms with Crippen molar-refractivity contribution in [2.24, 2.45) is 0 Å². The second-order valence-electron chi connectivity index (χ2n) is 3.36. The van der Waals surface area contributed by atoms with Crippen LogP contribution in [0, 0.1) is 11.6 Å². The summed E-state index contributed by atoms with van der Waals surface area (Å²) in [5.41, 5.74) is 0.930. The van der Waals surface area contributed by atoms with Crippen molar-refractivity contribution in [3.63, 3.8) is 0 Å². The van der Waals surface area contributed by atoms with Crippen LogP contribution < -0.4 is 0 Å². The van der Waals surface area contributed by atoms with Gasteiger partial charge in [-0.05, 0) is 41.5 Å². The molecule has 0 aliphatic heterocycles. The van der Waals surface area contributed by atoms with Crippen molar-refractivity contribution in [1.82, 2.24) is 0 Å². The Bertz CT molecular complexity index is 451. The highest BCUT2D eigenvalue weighted by Gasteiger charge is 2.05. The highest BCUT2D eigenvalue weighted by molar-refractivity contribution is 9.10. The first-order chi connectivity index (χ1) is 7.54. The molecule has 0 aromatic heterocycles. The lowest BCUT2D eigenvalue weighted by Gasteiger charge is -2.04. The van der Waals surface area contributed by atoms with Crippen molar-refractivity contribution in [3.8, 4) is 16.9 Å². The van der Waals surface area contributed by atoms with Crippen LogP contribution in [0.15, 0.2) is 40.9 Å². The monoisotopic (exact) mass is 284 g/mol. The van der Waals surface area contributed by atoms with Gasteiger partial charge >= 0.3 is 0 Å². The largest absolute Gasteiger partial charge is 0.508 e. The zero-order valence-corrected chi connectivity index (χ0v) is 9.63. The predicted molar refractivity (Wildman–Crippen MR) is 61.2 cm³/mol. The number of phenolic OH excluding ortho intramolecular Hbond substituents is 1. The van der Waals surface area contributed by atoms with Gasteiger partial charge in [0.2, 0.25) is 0 Å². The molecule has 2 aromatic carbocycles. The average Bonchev–Trinajstić information content (AvgIpc) is 2.14. The van der Waals surface area contributed by atoms with Gasteiger partial charge in [0.15, 0.2) is 0 Å². The molecule has 0 atom stereocenters. The molecular weight excluding hydrogens is 278 g/mol. The van der Waals surface area contributed by atoms with Crippen LogP contribution >= 0.6 is 15.9 Å². The molecule has 0 heterocycles. The summed E-state index contributed by atoms with van der Waals surface area (Å²) in [7, 11) is 0. The summed E-state index contributed by atoms with van der Waals surface area (Å²) in [6, 6.07) is 7.85. The minimum atomic E-state index is -0.644. The van der Waals surface area contributed by atoms with Crippen LogP contribution in [0.25, 0.3) is 11.1 Å². The molecule has 82 valence electrons. The van der Waals surface area contributed by atoms with Gasteiger partial charge in [0.05, 0.1) is 0 Å². The zero-order valence-electron chi connectivity index (χ0n) is 8.05. The van der Waals surface area contributed by atoms with E-state index >= 15 is 0 Å². The molecule has 0 amide bonds. The molecule has 4 heteroatoms. The van der Waals surface area contributed by atoms with E-state index in [0.717, 1.165) is 6.07 Å². The van der Waals surface area contributed by atoms with E-state index < -0.39 is 11.6 Å². The molecule has 0 spiro atoms. The Morgan fingerprint density at radius 3 is 1.94 bits per heavy atom. The van der Waals surface area contributed by atoms with Crippen molar-refractivity contribution in [2.75, 3.05) is 0 Å². The standard InChI is InChI=1S/C12H7BrF2O/c13-9-1-7(4-12(16)5-9)8-2-10(14)6-11(15)3-8/h1-6,16H. The topological polar surface area (TPSA) is 20.2 Å². The maximum atomic E-state index is 13.0. The SMILES string of the molecule is Oc1cc(Br)cc(-c2cc(F)cc(F)c2)c1. The van der Waals surface area contributed by atoms with Gasteiger partial charge in [0, 0.05) is 10.5 Å². The van der Waals surface area contributed by atoms with Gasteiger partial charge in [-0.15, -0.1) is 0 Å². The maximum Gasteiger partial charge on any atom is 0.126 e.